The molecule has 0 aliphatic heterocycles. The minimum atomic E-state index is 0.938. The molecule has 1 aromatic heterocycles. The number of rotatable bonds is 7. The second-order valence-corrected chi connectivity index (χ2v) is 13.4. The SMILES string of the molecule is c1ccc(-c2ccc(N(c3ccc(-c4ccccc4)cc3)c3ccc(-c4ccc(-c5cc6ccc7cccc8oc(c5)c6c78)cc4)cc3)cc2)cc1. The van der Waals surface area contributed by atoms with E-state index in [1.165, 1.54) is 60.5 Å². The Morgan fingerprint density at radius 3 is 1.17 bits per heavy atom. The Morgan fingerprint density at radius 1 is 0.269 bits per heavy atom. The molecule has 244 valence electrons. The first kappa shape index (κ1) is 30.0. The molecule has 10 rings (SSSR count). The van der Waals surface area contributed by atoms with Crippen LogP contribution in [0.15, 0.2) is 205 Å². The van der Waals surface area contributed by atoms with Gasteiger partial charge in [-0.1, -0.05) is 146 Å². The summed E-state index contributed by atoms with van der Waals surface area (Å²) < 4.78 is 6.31. The number of furan rings is 1. The topological polar surface area (TPSA) is 16.4 Å². The minimum Gasteiger partial charge on any atom is -0.456 e. The molecular formula is C50H33NO. The Labute approximate surface area is 302 Å². The highest BCUT2D eigenvalue weighted by Gasteiger charge is 2.16. The fourth-order valence-corrected chi connectivity index (χ4v) is 7.59. The van der Waals surface area contributed by atoms with Crippen molar-refractivity contribution in [2.75, 3.05) is 4.90 Å². The highest BCUT2D eigenvalue weighted by atomic mass is 16.3. The van der Waals surface area contributed by atoms with Crippen LogP contribution in [0.25, 0.3) is 77.2 Å². The maximum absolute atomic E-state index is 6.31. The number of hydrogen-bond acceptors (Lipinski definition) is 2. The highest BCUT2D eigenvalue weighted by Crippen LogP contribution is 2.41. The molecule has 0 fully saturated rings. The van der Waals surface area contributed by atoms with Crippen LogP contribution < -0.4 is 4.90 Å². The van der Waals surface area contributed by atoms with Crippen molar-refractivity contribution in [3.05, 3.63) is 200 Å². The van der Waals surface area contributed by atoms with E-state index < -0.39 is 0 Å². The molecule has 9 aromatic carbocycles. The van der Waals surface area contributed by atoms with E-state index in [4.69, 9.17) is 4.42 Å². The summed E-state index contributed by atoms with van der Waals surface area (Å²) in [6.07, 6.45) is 0. The van der Waals surface area contributed by atoms with Crippen molar-refractivity contribution >= 4 is 49.8 Å². The number of anilines is 3. The van der Waals surface area contributed by atoms with Gasteiger partial charge < -0.3 is 9.32 Å². The summed E-state index contributed by atoms with van der Waals surface area (Å²) >= 11 is 0. The van der Waals surface area contributed by atoms with E-state index in [1.807, 2.05) is 0 Å². The van der Waals surface area contributed by atoms with Crippen molar-refractivity contribution in [1.29, 1.82) is 0 Å². The Kier molecular flexibility index (Phi) is 7.18. The summed E-state index contributed by atoms with van der Waals surface area (Å²) in [5.74, 6) is 0. The quantitative estimate of drug-likeness (QED) is 0.158. The highest BCUT2D eigenvalue weighted by molar-refractivity contribution is 6.22. The van der Waals surface area contributed by atoms with Gasteiger partial charge in [0.25, 0.3) is 0 Å². The zero-order valence-electron chi connectivity index (χ0n) is 28.4. The summed E-state index contributed by atoms with van der Waals surface area (Å²) in [5, 5.41) is 4.85. The molecule has 0 aliphatic carbocycles. The minimum absolute atomic E-state index is 0.938. The molecule has 0 amide bonds. The van der Waals surface area contributed by atoms with E-state index in [0.717, 1.165) is 33.8 Å². The summed E-state index contributed by atoms with van der Waals surface area (Å²) in [6.45, 7) is 0. The van der Waals surface area contributed by atoms with E-state index in [-0.39, 0.29) is 0 Å². The molecule has 0 radical (unpaired) electrons. The Hall–Kier alpha value is -6.90. The molecule has 1 heterocycles. The van der Waals surface area contributed by atoms with Crippen molar-refractivity contribution in [3.63, 3.8) is 0 Å². The fraction of sp³-hybridized carbons (Fsp3) is 0. The molecule has 0 aliphatic rings. The van der Waals surface area contributed by atoms with Gasteiger partial charge in [-0.05, 0) is 110 Å². The lowest BCUT2D eigenvalue weighted by molar-refractivity contribution is 0.669. The van der Waals surface area contributed by atoms with Gasteiger partial charge in [-0.3, -0.25) is 0 Å². The predicted octanol–water partition coefficient (Wildman–Crippen LogP) is 14.3. The van der Waals surface area contributed by atoms with Gasteiger partial charge in [0.05, 0.1) is 0 Å². The van der Waals surface area contributed by atoms with Gasteiger partial charge in [-0.15, -0.1) is 0 Å². The van der Waals surface area contributed by atoms with E-state index in [2.05, 4.69) is 205 Å². The smallest absolute Gasteiger partial charge is 0.136 e. The first-order valence-corrected chi connectivity index (χ1v) is 17.7. The van der Waals surface area contributed by atoms with Crippen LogP contribution in [-0.4, -0.2) is 0 Å². The van der Waals surface area contributed by atoms with Gasteiger partial charge in [0.2, 0.25) is 0 Å². The van der Waals surface area contributed by atoms with Crippen molar-refractivity contribution < 1.29 is 4.42 Å². The normalized spacial score (nSPS) is 11.5. The van der Waals surface area contributed by atoms with E-state index in [0.29, 0.717) is 0 Å². The second-order valence-electron chi connectivity index (χ2n) is 13.4. The third-order valence-electron chi connectivity index (χ3n) is 10.2. The number of nitrogens with zero attached hydrogens (tertiary/aromatic N) is 1. The monoisotopic (exact) mass is 663 g/mol. The average molecular weight is 664 g/mol. The first-order valence-electron chi connectivity index (χ1n) is 17.7. The van der Waals surface area contributed by atoms with Crippen LogP contribution in [0.2, 0.25) is 0 Å². The molecule has 0 bridgehead atoms. The Balaban J connectivity index is 0.968. The fourth-order valence-electron chi connectivity index (χ4n) is 7.59. The molecule has 0 saturated heterocycles. The van der Waals surface area contributed by atoms with Crippen LogP contribution in [0.3, 0.4) is 0 Å². The van der Waals surface area contributed by atoms with Crippen molar-refractivity contribution in [2.45, 2.75) is 0 Å². The maximum Gasteiger partial charge on any atom is 0.136 e. The van der Waals surface area contributed by atoms with Gasteiger partial charge in [0, 0.05) is 27.8 Å². The van der Waals surface area contributed by atoms with Crippen molar-refractivity contribution in [1.82, 2.24) is 0 Å². The molecule has 0 unspecified atom stereocenters. The van der Waals surface area contributed by atoms with Crippen LogP contribution >= 0.6 is 0 Å². The van der Waals surface area contributed by atoms with Gasteiger partial charge in [-0.25, -0.2) is 0 Å². The summed E-state index contributed by atoms with van der Waals surface area (Å²) in [6, 6.07) is 71.6. The summed E-state index contributed by atoms with van der Waals surface area (Å²) in [4.78, 5) is 2.33. The molecule has 2 heteroatoms. The molecule has 0 saturated carbocycles. The van der Waals surface area contributed by atoms with Gasteiger partial charge in [0.15, 0.2) is 0 Å². The van der Waals surface area contributed by atoms with Crippen LogP contribution in [0.4, 0.5) is 17.1 Å². The third kappa shape index (κ3) is 5.30. The molecule has 10 aromatic rings. The first-order chi connectivity index (χ1) is 25.7. The van der Waals surface area contributed by atoms with E-state index in [9.17, 15) is 0 Å². The zero-order valence-corrected chi connectivity index (χ0v) is 28.4. The number of benzene rings is 9. The van der Waals surface area contributed by atoms with Gasteiger partial charge >= 0.3 is 0 Å². The Bertz CT molecular complexity index is 2700. The standard InChI is InChI=1S/C50H33NO/c1-3-8-34(9-4-1)37-20-26-44(27-21-37)51(45-28-22-38(23-29-45)35-10-5-2-6-11-35)46-30-24-39(25-31-46)36-14-16-40(17-15-36)43-32-42-19-18-41-12-7-13-47-49(41)50(42)48(33-43)52-47/h1-33H. The van der Waals surface area contributed by atoms with Crippen LogP contribution in [0.1, 0.15) is 0 Å². The molecule has 2 nitrogen and oxygen atoms in total. The zero-order chi connectivity index (χ0) is 34.4. The maximum atomic E-state index is 6.31. The van der Waals surface area contributed by atoms with Crippen LogP contribution in [0, 0.1) is 0 Å². The van der Waals surface area contributed by atoms with Crippen molar-refractivity contribution in [2.24, 2.45) is 0 Å². The molecule has 0 atom stereocenters. The summed E-state index contributed by atoms with van der Waals surface area (Å²) in [7, 11) is 0. The lowest BCUT2D eigenvalue weighted by Crippen LogP contribution is -2.09. The molecule has 0 spiro atoms. The van der Waals surface area contributed by atoms with Crippen LogP contribution in [0.5, 0.6) is 0 Å². The van der Waals surface area contributed by atoms with Gasteiger partial charge in [0.1, 0.15) is 11.2 Å². The Morgan fingerprint density at radius 2 is 0.673 bits per heavy atom. The predicted molar refractivity (Wildman–Crippen MR) is 219 cm³/mol. The summed E-state index contributed by atoms with van der Waals surface area (Å²) in [5.41, 5.74) is 14.7. The largest absolute Gasteiger partial charge is 0.456 e. The van der Waals surface area contributed by atoms with Crippen molar-refractivity contribution in [3.8, 4) is 44.5 Å². The third-order valence-corrected chi connectivity index (χ3v) is 10.2. The van der Waals surface area contributed by atoms with Gasteiger partial charge in [-0.2, -0.15) is 0 Å². The lowest BCUT2D eigenvalue weighted by Gasteiger charge is -2.26. The molecule has 0 N–H and O–H groups in total. The van der Waals surface area contributed by atoms with Crippen LogP contribution in [-0.2, 0) is 0 Å². The average Bonchev–Trinajstić information content (AvgIpc) is 3.61. The van der Waals surface area contributed by atoms with E-state index in [1.54, 1.807) is 0 Å². The van der Waals surface area contributed by atoms with E-state index >= 15 is 0 Å². The lowest BCUT2D eigenvalue weighted by atomic mass is 9.96. The second kappa shape index (κ2) is 12.5. The molecular weight excluding hydrogens is 631 g/mol. The number of hydrogen-bond donors (Lipinski definition) is 0. The molecule has 52 heavy (non-hydrogen) atoms.